The van der Waals surface area contributed by atoms with E-state index in [2.05, 4.69) is 10.0 Å². The molecule has 33 heavy (non-hydrogen) atoms. The molecule has 0 aliphatic carbocycles. The molecule has 2 aromatic carbocycles. The molecule has 0 saturated heterocycles. The molecule has 0 saturated carbocycles. The molecule has 0 radical (unpaired) electrons. The van der Waals surface area contributed by atoms with Crippen molar-refractivity contribution in [3.8, 4) is 0 Å². The van der Waals surface area contributed by atoms with Gasteiger partial charge >= 0.3 is 5.97 Å². The Morgan fingerprint density at radius 2 is 1.88 bits per heavy atom. The number of thiophene rings is 1. The lowest BCUT2D eigenvalue weighted by Gasteiger charge is -2.10. The number of esters is 1. The lowest BCUT2D eigenvalue weighted by atomic mass is 10.1. The van der Waals surface area contributed by atoms with Gasteiger partial charge < -0.3 is 10.1 Å². The zero-order valence-corrected chi connectivity index (χ0v) is 18.9. The largest absolute Gasteiger partial charge is 0.452 e. The van der Waals surface area contributed by atoms with E-state index in [4.69, 9.17) is 4.74 Å². The third-order valence-corrected chi connectivity index (χ3v) is 6.78. The molecule has 0 atom stereocenters. The maximum atomic E-state index is 12.5. The first-order valence-corrected chi connectivity index (χ1v) is 11.9. The van der Waals surface area contributed by atoms with Gasteiger partial charge in [0, 0.05) is 17.5 Å². The van der Waals surface area contributed by atoms with Crippen molar-refractivity contribution in [2.24, 2.45) is 0 Å². The van der Waals surface area contributed by atoms with Crippen LogP contribution in [0.2, 0.25) is 0 Å². The summed E-state index contributed by atoms with van der Waals surface area (Å²) in [5.41, 5.74) is 0.272. The van der Waals surface area contributed by atoms with Gasteiger partial charge in [-0.2, -0.15) is 0 Å². The Bertz CT molecular complexity index is 1290. The summed E-state index contributed by atoms with van der Waals surface area (Å²) in [5, 5.41) is 15.3. The molecule has 0 unspecified atom stereocenters. The minimum atomic E-state index is -3.87. The number of anilines is 1. The van der Waals surface area contributed by atoms with Crippen molar-refractivity contribution in [1.29, 1.82) is 0 Å². The zero-order valence-electron chi connectivity index (χ0n) is 17.3. The lowest BCUT2D eigenvalue weighted by Crippen LogP contribution is -2.23. The summed E-state index contributed by atoms with van der Waals surface area (Å²) in [4.78, 5) is 35.6. The van der Waals surface area contributed by atoms with Crippen LogP contribution in [0.3, 0.4) is 0 Å². The molecule has 1 aromatic heterocycles. The highest BCUT2D eigenvalue weighted by Crippen LogP contribution is 2.25. The van der Waals surface area contributed by atoms with Gasteiger partial charge in [0.15, 0.2) is 6.61 Å². The van der Waals surface area contributed by atoms with Crippen molar-refractivity contribution < 1.29 is 27.7 Å². The third kappa shape index (κ3) is 6.22. The van der Waals surface area contributed by atoms with E-state index in [-0.39, 0.29) is 33.9 Å². The van der Waals surface area contributed by atoms with Gasteiger partial charge in [0.2, 0.25) is 10.0 Å². The van der Waals surface area contributed by atoms with Crippen LogP contribution in [-0.4, -0.2) is 31.8 Å². The van der Waals surface area contributed by atoms with E-state index in [9.17, 15) is 28.1 Å². The SMILES string of the molecule is Cc1c(NC(=O)COC(=O)c2cccc(S(=O)(=O)NCc3cccs3)c2)cccc1[N+](=O)[O-]. The van der Waals surface area contributed by atoms with Crippen molar-refractivity contribution in [3.63, 3.8) is 0 Å². The Morgan fingerprint density at radius 3 is 2.58 bits per heavy atom. The molecule has 12 heteroatoms. The van der Waals surface area contributed by atoms with Crippen LogP contribution in [0.25, 0.3) is 0 Å². The van der Waals surface area contributed by atoms with Crippen LogP contribution in [0.5, 0.6) is 0 Å². The summed E-state index contributed by atoms with van der Waals surface area (Å²) < 4.78 is 32.4. The summed E-state index contributed by atoms with van der Waals surface area (Å²) in [7, 11) is -3.87. The first kappa shape index (κ1) is 24.0. The van der Waals surface area contributed by atoms with Gasteiger partial charge in [-0.3, -0.25) is 14.9 Å². The Kier molecular flexibility index (Phi) is 7.53. The van der Waals surface area contributed by atoms with Crippen LogP contribution in [0, 0.1) is 17.0 Å². The molecule has 1 amide bonds. The highest BCUT2D eigenvalue weighted by molar-refractivity contribution is 7.89. The normalized spacial score (nSPS) is 11.1. The van der Waals surface area contributed by atoms with Crippen molar-refractivity contribution in [2.75, 3.05) is 11.9 Å². The number of amides is 1. The molecule has 0 aliphatic heterocycles. The number of sulfonamides is 1. The Hall–Kier alpha value is -3.61. The van der Waals surface area contributed by atoms with E-state index >= 15 is 0 Å². The second-order valence-corrected chi connectivity index (χ2v) is 9.56. The van der Waals surface area contributed by atoms with Gasteiger partial charge in [0.05, 0.1) is 26.6 Å². The Labute approximate surface area is 193 Å². The van der Waals surface area contributed by atoms with Gasteiger partial charge in [-0.25, -0.2) is 17.9 Å². The van der Waals surface area contributed by atoms with Crippen molar-refractivity contribution in [2.45, 2.75) is 18.4 Å². The molecular formula is C21H19N3O7S2. The van der Waals surface area contributed by atoms with E-state index in [0.717, 1.165) is 10.9 Å². The zero-order chi connectivity index (χ0) is 24.0. The molecule has 0 bridgehead atoms. The fourth-order valence-electron chi connectivity index (χ4n) is 2.81. The van der Waals surface area contributed by atoms with Crippen molar-refractivity contribution in [3.05, 3.63) is 86.1 Å². The van der Waals surface area contributed by atoms with E-state index in [1.165, 1.54) is 54.7 Å². The van der Waals surface area contributed by atoms with Crippen LogP contribution in [0.4, 0.5) is 11.4 Å². The summed E-state index contributed by atoms with van der Waals surface area (Å²) in [5.74, 6) is -1.59. The summed E-state index contributed by atoms with van der Waals surface area (Å²) in [6.07, 6.45) is 0. The fraction of sp³-hybridized carbons (Fsp3) is 0.143. The predicted molar refractivity (Wildman–Crippen MR) is 122 cm³/mol. The second kappa shape index (κ2) is 10.3. The lowest BCUT2D eigenvalue weighted by molar-refractivity contribution is -0.385. The maximum Gasteiger partial charge on any atom is 0.338 e. The topological polar surface area (TPSA) is 145 Å². The molecule has 10 nitrogen and oxygen atoms in total. The van der Waals surface area contributed by atoms with Crippen LogP contribution in [0.1, 0.15) is 20.8 Å². The van der Waals surface area contributed by atoms with E-state index < -0.39 is 33.4 Å². The molecule has 0 aliphatic rings. The second-order valence-electron chi connectivity index (χ2n) is 6.76. The molecule has 0 fully saturated rings. The predicted octanol–water partition coefficient (Wildman–Crippen LogP) is 3.24. The number of rotatable bonds is 9. The number of carbonyl (C=O) groups excluding carboxylic acids is 2. The number of carbonyl (C=O) groups is 2. The highest BCUT2D eigenvalue weighted by atomic mass is 32.2. The average molecular weight is 490 g/mol. The van der Waals surface area contributed by atoms with Crippen molar-refractivity contribution in [1.82, 2.24) is 4.72 Å². The summed E-state index contributed by atoms with van der Waals surface area (Å²) >= 11 is 1.41. The summed E-state index contributed by atoms with van der Waals surface area (Å²) in [6.45, 7) is 0.943. The van der Waals surface area contributed by atoms with E-state index in [1.807, 2.05) is 5.38 Å². The van der Waals surface area contributed by atoms with Crippen LogP contribution >= 0.6 is 11.3 Å². The third-order valence-electron chi connectivity index (χ3n) is 4.51. The number of ether oxygens (including phenoxy) is 1. The molecule has 2 N–H and O–H groups in total. The number of nitrogens with one attached hydrogen (secondary N) is 2. The monoisotopic (exact) mass is 489 g/mol. The first-order chi connectivity index (χ1) is 15.7. The number of nitro benzene ring substituents is 1. The van der Waals surface area contributed by atoms with Gasteiger partial charge in [-0.15, -0.1) is 11.3 Å². The fourth-order valence-corrected chi connectivity index (χ4v) is 4.60. The number of nitrogens with zero attached hydrogens (tertiary/aromatic N) is 1. The highest BCUT2D eigenvalue weighted by Gasteiger charge is 2.19. The molecule has 1 heterocycles. The number of benzene rings is 2. The molecular weight excluding hydrogens is 470 g/mol. The molecule has 3 aromatic rings. The minimum absolute atomic E-state index is 0.0478. The molecule has 3 rings (SSSR count). The van der Waals surface area contributed by atoms with Crippen molar-refractivity contribution >= 4 is 44.6 Å². The van der Waals surface area contributed by atoms with Gasteiger partial charge in [-0.05, 0) is 42.6 Å². The summed E-state index contributed by atoms with van der Waals surface area (Å²) in [6, 6.07) is 13.1. The quantitative estimate of drug-likeness (QED) is 0.267. The minimum Gasteiger partial charge on any atom is -0.452 e. The van der Waals surface area contributed by atoms with E-state index in [0.29, 0.717) is 0 Å². The van der Waals surface area contributed by atoms with Gasteiger partial charge in [0.25, 0.3) is 11.6 Å². The van der Waals surface area contributed by atoms with E-state index in [1.54, 1.807) is 12.1 Å². The Balaban J connectivity index is 1.61. The average Bonchev–Trinajstić information content (AvgIpc) is 3.31. The van der Waals surface area contributed by atoms with Crippen LogP contribution in [0.15, 0.2) is 64.9 Å². The number of hydrogen-bond donors (Lipinski definition) is 2. The first-order valence-electron chi connectivity index (χ1n) is 9.50. The molecule has 172 valence electrons. The number of nitro groups is 1. The smallest absolute Gasteiger partial charge is 0.338 e. The van der Waals surface area contributed by atoms with Gasteiger partial charge in [-0.1, -0.05) is 18.2 Å². The standard InChI is InChI=1S/C21H19N3O7S2/c1-14-18(8-3-9-19(14)24(27)28)23-20(25)13-31-21(26)15-5-2-7-17(11-15)33(29,30)22-12-16-6-4-10-32-16/h2-11,22H,12-13H2,1H3,(H,23,25). The number of hydrogen-bond acceptors (Lipinski definition) is 8. The van der Waals surface area contributed by atoms with Gasteiger partial charge in [0.1, 0.15) is 0 Å². The van der Waals surface area contributed by atoms with Crippen LogP contribution < -0.4 is 10.0 Å². The maximum absolute atomic E-state index is 12.5. The Morgan fingerprint density at radius 1 is 1.12 bits per heavy atom. The molecule has 0 spiro atoms. The van der Waals surface area contributed by atoms with Crippen LogP contribution in [-0.2, 0) is 26.1 Å².